The van der Waals surface area contributed by atoms with Crippen LogP contribution in [0.3, 0.4) is 0 Å². The van der Waals surface area contributed by atoms with Gasteiger partial charge in [-0.25, -0.2) is 4.98 Å². The fourth-order valence-electron chi connectivity index (χ4n) is 3.14. The van der Waals surface area contributed by atoms with Crippen molar-refractivity contribution in [1.29, 1.82) is 0 Å². The summed E-state index contributed by atoms with van der Waals surface area (Å²) in [4.78, 5) is 30.7. The third kappa shape index (κ3) is 5.11. The molecule has 2 aromatic carbocycles. The number of hydrogen-bond acceptors (Lipinski definition) is 4. The standard InChI is InChI=1S/C24H29N3O2S/c1-15(2)12-13-27-23(29)19-8-6-7-9-20(19)26-24(27)30-18(5)22(28)25-21-14-16(3)10-11-17(21)4/h6-11,14-15,18H,12-13H2,1-5H3,(H,25,28). The molecule has 30 heavy (non-hydrogen) atoms. The van der Waals surface area contributed by atoms with Crippen molar-refractivity contribution in [3.8, 4) is 0 Å². The zero-order valence-corrected chi connectivity index (χ0v) is 19.0. The molecule has 1 amide bonds. The molecule has 1 heterocycles. The number of nitrogens with one attached hydrogen (secondary N) is 1. The highest BCUT2D eigenvalue weighted by Gasteiger charge is 2.20. The SMILES string of the molecule is Cc1ccc(C)c(NC(=O)C(C)Sc2nc3ccccc3c(=O)n2CCC(C)C)c1. The monoisotopic (exact) mass is 423 g/mol. The number of fused-ring (bicyclic) bond motifs is 1. The van der Waals surface area contributed by atoms with Gasteiger partial charge in [-0.15, -0.1) is 0 Å². The molecule has 1 atom stereocenters. The minimum atomic E-state index is -0.400. The van der Waals surface area contributed by atoms with E-state index in [4.69, 9.17) is 4.98 Å². The van der Waals surface area contributed by atoms with Gasteiger partial charge >= 0.3 is 0 Å². The van der Waals surface area contributed by atoms with Crippen LogP contribution in [0.1, 0.15) is 38.3 Å². The third-order valence-electron chi connectivity index (χ3n) is 5.06. The first-order chi connectivity index (χ1) is 14.3. The normalized spacial score (nSPS) is 12.3. The number of thioether (sulfide) groups is 1. The van der Waals surface area contributed by atoms with E-state index in [1.165, 1.54) is 11.8 Å². The van der Waals surface area contributed by atoms with Gasteiger partial charge in [0.25, 0.3) is 5.56 Å². The van der Waals surface area contributed by atoms with Crippen LogP contribution in [0.5, 0.6) is 0 Å². The zero-order chi connectivity index (χ0) is 21.8. The summed E-state index contributed by atoms with van der Waals surface area (Å²) >= 11 is 1.33. The molecule has 158 valence electrons. The van der Waals surface area contributed by atoms with E-state index in [-0.39, 0.29) is 11.5 Å². The van der Waals surface area contributed by atoms with Crippen molar-refractivity contribution in [2.24, 2.45) is 5.92 Å². The van der Waals surface area contributed by atoms with E-state index in [1.807, 2.05) is 63.2 Å². The molecule has 0 saturated carbocycles. The quantitative estimate of drug-likeness (QED) is 0.420. The summed E-state index contributed by atoms with van der Waals surface area (Å²) in [5.74, 6) is 0.359. The van der Waals surface area contributed by atoms with Gasteiger partial charge in [0, 0.05) is 12.2 Å². The number of benzene rings is 2. The summed E-state index contributed by atoms with van der Waals surface area (Å²) in [5, 5.41) is 3.81. The maximum atomic E-state index is 13.1. The molecule has 0 aliphatic heterocycles. The molecule has 0 bridgehead atoms. The van der Waals surface area contributed by atoms with Crippen LogP contribution in [0.15, 0.2) is 52.4 Å². The van der Waals surface area contributed by atoms with Crippen LogP contribution in [-0.2, 0) is 11.3 Å². The molecule has 0 aliphatic carbocycles. The first kappa shape index (κ1) is 22.1. The lowest BCUT2D eigenvalue weighted by molar-refractivity contribution is -0.115. The van der Waals surface area contributed by atoms with E-state index >= 15 is 0 Å². The molecule has 3 aromatic rings. The number of rotatable bonds is 7. The molecule has 6 heteroatoms. The van der Waals surface area contributed by atoms with E-state index in [9.17, 15) is 9.59 Å². The van der Waals surface area contributed by atoms with Crippen LogP contribution in [0.4, 0.5) is 5.69 Å². The molecule has 1 aromatic heterocycles. The molecule has 3 rings (SSSR count). The van der Waals surface area contributed by atoms with Gasteiger partial charge in [0.1, 0.15) is 0 Å². The largest absolute Gasteiger partial charge is 0.325 e. The Hall–Kier alpha value is -2.60. The Bertz CT molecular complexity index is 1120. The Morgan fingerprint density at radius 3 is 2.60 bits per heavy atom. The maximum absolute atomic E-state index is 13.1. The second-order valence-electron chi connectivity index (χ2n) is 8.12. The van der Waals surface area contributed by atoms with Crippen molar-refractivity contribution in [2.75, 3.05) is 5.32 Å². The summed E-state index contributed by atoms with van der Waals surface area (Å²) < 4.78 is 1.72. The fraction of sp³-hybridized carbons (Fsp3) is 0.375. The zero-order valence-electron chi connectivity index (χ0n) is 18.2. The van der Waals surface area contributed by atoms with Crippen molar-refractivity contribution < 1.29 is 4.79 Å². The second-order valence-corrected chi connectivity index (χ2v) is 9.43. The number of nitrogens with zero attached hydrogens (tertiary/aromatic N) is 2. The molecule has 0 radical (unpaired) electrons. The maximum Gasteiger partial charge on any atom is 0.262 e. The summed E-state index contributed by atoms with van der Waals surface area (Å²) in [5.41, 5.74) is 3.54. The van der Waals surface area contributed by atoms with E-state index in [0.717, 1.165) is 23.2 Å². The average Bonchev–Trinajstić information content (AvgIpc) is 2.70. The molecule has 1 N–H and O–H groups in total. The van der Waals surface area contributed by atoms with Gasteiger partial charge in [0.15, 0.2) is 5.16 Å². The van der Waals surface area contributed by atoms with E-state index in [2.05, 4.69) is 19.2 Å². The predicted octanol–water partition coefficient (Wildman–Crippen LogP) is 5.18. The minimum absolute atomic E-state index is 0.0501. The Morgan fingerprint density at radius 1 is 1.13 bits per heavy atom. The fourth-order valence-corrected chi connectivity index (χ4v) is 4.07. The summed E-state index contributed by atoms with van der Waals surface area (Å²) in [6, 6.07) is 13.4. The summed E-state index contributed by atoms with van der Waals surface area (Å²) in [7, 11) is 0. The second kappa shape index (κ2) is 9.47. The topological polar surface area (TPSA) is 64.0 Å². The first-order valence-electron chi connectivity index (χ1n) is 10.3. The van der Waals surface area contributed by atoms with Crippen molar-refractivity contribution in [3.63, 3.8) is 0 Å². The Morgan fingerprint density at radius 2 is 1.87 bits per heavy atom. The van der Waals surface area contributed by atoms with Gasteiger partial charge in [0.2, 0.25) is 5.91 Å². The molecule has 5 nitrogen and oxygen atoms in total. The van der Waals surface area contributed by atoms with Gasteiger partial charge in [-0.3, -0.25) is 14.2 Å². The highest BCUT2D eigenvalue weighted by Crippen LogP contribution is 2.25. The Kier molecular flexibility index (Phi) is 6.98. The number of anilines is 1. The minimum Gasteiger partial charge on any atom is -0.325 e. The lowest BCUT2D eigenvalue weighted by atomic mass is 10.1. The van der Waals surface area contributed by atoms with Crippen molar-refractivity contribution in [1.82, 2.24) is 9.55 Å². The van der Waals surface area contributed by atoms with Gasteiger partial charge < -0.3 is 5.32 Å². The molecular formula is C24H29N3O2S. The highest BCUT2D eigenvalue weighted by molar-refractivity contribution is 8.00. The lowest BCUT2D eigenvalue weighted by Gasteiger charge is -2.17. The smallest absolute Gasteiger partial charge is 0.262 e. The van der Waals surface area contributed by atoms with E-state index in [1.54, 1.807) is 4.57 Å². The number of para-hydroxylation sites is 1. The number of carbonyl (C=O) groups excluding carboxylic acids is 1. The van der Waals surface area contributed by atoms with Gasteiger partial charge in [-0.1, -0.05) is 49.9 Å². The first-order valence-corrected chi connectivity index (χ1v) is 11.2. The van der Waals surface area contributed by atoms with Crippen LogP contribution in [-0.4, -0.2) is 20.7 Å². The van der Waals surface area contributed by atoms with Crippen LogP contribution < -0.4 is 10.9 Å². The number of hydrogen-bond donors (Lipinski definition) is 1. The van der Waals surface area contributed by atoms with Gasteiger partial charge in [-0.2, -0.15) is 0 Å². The van der Waals surface area contributed by atoms with Gasteiger partial charge in [-0.05, 0) is 62.4 Å². The molecule has 0 spiro atoms. The number of aryl methyl sites for hydroxylation is 2. The molecule has 0 fully saturated rings. The predicted molar refractivity (Wildman–Crippen MR) is 125 cm³/mol. The highest BCUT2D eigenvalue weighted by atomic mass is 32.2. The average molecular weight is 424 g/mol. The Balaban J connectivity index is 1.89. The molecule has 0 aliphatic rings. The van der Waals surface area contributed by atoms with Crippen LogP contribution in [0, 0.1) is 19.8 Å². The molecular weight excluding hydrogens is 394 g/mol. The lowest BCUT2D eigenvalue weighted by Crippen LogP contribution is -2.27. The number of carbonyl (C=O) groups is 1. The Labute approximate surface area is 181 Å². The summed E-state index contributed by atoms with van der Waals surface area (Å²) in [6.07, 6.45) is 0.872. The molecule has 1 unspecified atom stereocenters. The van der Waals surface area contributed by atoms with E-state index < -0.39 is 5.25 Å². The summed E-state index contributed by atoms with van der Waals surface area (Å²) in [6.45, 7) is 10.7. The number of aromatic nitrogens is 2. The van der Waals surface area contributed by atoms with E-state index in [0.29, 0.717) is 28.5 Å². The van der Waals surface area contributed by atoms with Crippen molar-refractivity contribution in [3.05, 3.63) is 63.9 Å². The van der Waals surface area contributed by atoms with Crippen molar-refractivity contribution >= 4 is 34.3 Å². The van der Waals surface area contributed by atoms with Crippen LogP contribution in [0.25, 0.3) is 10.9 Å². The third-order valence-corrected chi connectivity index (χ3v) is 6.15. The van der Waals surface area contributed by atoms with Gasteiger partial charge in [0.05, 0.1) is 16.2 Å². The number of amides is 1. The van der Waals surface area contributed by atoms with Crippen LogP contribution in [0.2, 0.25) is 0 Å². The van der Waals surface area contributed by atoms with Crippen molar-refractivity contribution in [2.45, 2.75) is 58.0 Å². The molecule has 0 saturated heterocycles. The van der Waals surface area contributed by atoms with Crippen LogP contribution >= 0.6 is 11.8 Å².